The molecule has 0 fully saturated rings. The van der Waals surface area contributed by atoms with Crippen molar-refractivity contribution in [3.8, 4) is 31.3 Å². The van der Waals surface area contributed by atoms with Crippen molar-refractivity contribution >= 4 is 34.0 Å². The van der Waals surface area contributed by atoms with Gasteiger partial charge in [0.05, 0.1) is 0 Å². The molecule has 24 heavy (non-hydrogen) atoms. The Labute approximate surface area is 152 Å². The van der Waals surface area contributed by atoms with Crippen LogP contribution in [0.1, 0.15) is 33.4 Å². The second kappa shape index (κ2) is 4.10. The van der Waals surface area contributed by atoms with E-state index >= 15 is 0 Å². The van der Waals surface area contributed by atoms with Crippen LogP contribution in [-0.2, 0) is 19.3 Å². The number of thiophene rings is 3. The van der Waals surface area contributed by atoms with Gasteiger partial charge in [0.25, 0.3) is 0 Å². The number of rotatable bonds is 0. The molecule has 1 aromatic carbocycles. The lowest BCUT2D eigenvalue weighted by Crippen LogP contribution is -1.96. The maximum atomic E-state index is 2.34. The summed E-state index contributed by atoms with van der Waals surface area (Å²) in [6.45, 7) is 0. The minimum absolute atomic E-state index is 1.13. The molecule has 0 atom stereocenters. The van der Waals surface area contributed by atoms with Crippen molar-refractivity contribution in [2.75, 3.05) is 0 Å². The van der Waals surface area contributed by atoms with E-state index < -0.39 is 0 Å². The first-order valence-corrected chi connectivity index (χ1v) is 10.9. The van der Waals surface area contributed by atoms with Crippen molar-refractivity contribution in [3.05, 3.63) is 67.7 Å². The third-order valence-electron chi connectivity index (χ3n) is 5.83. The molecule has 4 aromatic rings. The summed E-state index contributed by atoms with van der Waals surface area (Å²) >= 11 is 5.81. The van der Waals surface area contributed by atoms with Crippen LogP contribution in [0, 0.1) is 0 Å². The summed E-state index contributed by atoms with van der Waals surface area (Å²) in [5, 5.41) is 6.82. The van der Waals surface area contributed by atoms with Crippen molar-refractivity contribution in [2.45, 2.75) is 19.3 Å². The highest BCUT2D eigenvalue weighted by Crippen LogP contribution is 2.58. The standard InChI is InChI=1S/C21H12S3/c1-4-22-19-10(1)7-13-16(19)14-8-11-2-6-24-21(11)18(14)15-9-12-3-5-23-20(12)17(13)15/h1-6H,7-9H2. The van der Waals surface area contributed by atoms with E-state index in [1.54, 1.807) is 64.7 Å². The van der Waals surface area contributed by atoms with E-state index in [4.69, 9.17) is 0 Å². The summed E-state index contributed by atoms with van der Waals surface area (Å²) in [6.07, 6.45) is 3.40. The molecular weight excluding hydrogens is 348 g/mol. The number of benzene rings is 1. The van der Waals surface area contributed by atoms with Gasteiger partial charge in [-0.2, -0.15) is 0 Å². The fourth-order valence-electron chi connectivity index (χ4n) is 4.93. The number of hydrogen-bond acceptors (Lipinski definition) is 3. The summed E-state index contributed by atoms with van der Waals surface area (Å²) in [5.41, 5.74) is 14.3. The summed E-state index contributed by atoms with van der Waals surface area (Å²) in [4.78, 5) is 4.64. The quantitative estimate of drug-likeness (QED) is 0.286. The number of hydrogen-bond donors (Lipinski definition) is 0. The van der Waals surface area contributed by atoms with E-state index in [-0.39, 0.29) is 0 Å². The minimum Gasteiger partial charge on any atom is -0.144 e. The summed E-state index contributed by atoms with van der Waals surface area (Å²) in [5.74, 6) is 0. The van der Waals surface area contributed by atoms with Gasteiger partial charge >= 0.3 is 0 Å². The third kappa shape index (κ3) is 1.30. The van der Waals surface area contributed by atoms with Crippen molar-refractivity contribution < 1.29 is 0 Å². The molecule has 0 unspecified atom stereocenters. The van der Waals surface area contributed by atoms with Gasteiger partial charge in [-0.05, 0) is 67.7 Å². The largest absolute Gasteiger partial charge is 0.144 e. The lowest BCUT2D eigenvalue weighted by Gasteiger charge is -2.16. The summed E-state index contributed by atoms with van der Waals surface area (Å²) < 4.78 is 0. The maximum absolute atomic E-state index is 2.34. The summed E-state index contributed by atoms with van der Waals surface area (Å²) in [6, 6.07) is 7.02. The van der Waals surface area contributed by atoms with E-state index in [2.05, 4.69) is 34.3 Å². The van der Waals surface area contributed by atoms with E-state index in [9.17, 15) is 0 Å². The monoisotopic (exact) mass is 360 g/mol. The molecule has 0 nitrogen and oxygen atoms in total. The van der Waals surface area contributed by atoms with Gasteiger partial charge in [-0.3, -0.25) is 0 Å². The second-order valence-electron chi connectivity index (χ2n) is 6.92. The lowest BCUT2D eigenvalue weighted by atomic mass is 9.90. The molecular formula is C21H12S3. The normalized spacial score (nSPS) is 15.0. The highest BCUT2D eigenvalue weighted by molar-refractivity contribution is 7.15. The van der Waals surface area contributed by atoms with Crippen LogP contribution in [0.15, 0.2) is 34.3 Å². The van der Waals surface area contributed by atoms with E-state index in [0.717, 1.165) is 19.3 Å². The Hall–Kier alpha value is -1.68. The van der Waals surface area contributed by atoms with Crippen LogP contribution in [-0.4, -0.2) is 0 Å². The molecule has 0 N–H and O–H groups in total. The average molecular weight is 361 g/mol. The Balaban J connectivity index is 1.69. The first kappa shape index (κ1) is 12.6. The average Bonchev–Trinajstić information content (AvgIpc) is 3.32. The molecule has 0 bridgehead atoms. The zero-order chi connectivity index (χ0) is 15.4. The number of fused-ring (bicyclic) bond motifs is 12. The van der Waals surface area contributed by atoms with Gasteiger partial charge in [0, 0.05) is 50.6 Å². The van der Waals surface area contributed by atoms with Crippen LogP contribution < -0.4 is 0 Å². The van der Waals surface area contributed by atoms with Crippen molar-refractivity contribution in [1.29, 1.82) is 0 Å². The molecule has 0 saturated carbocycles. The molecule has 3 aromatic heterocycles. The third-order valence-corrected chi connectivity index (χ3v) is 8.76. The molecule has 0 aliphatic heterocycles. The predicted molar refractivity (Wildman–Crippen MR) is 105 cm³/mol. The van der Waals surface area contributed by atoms with Crippen LogP contribution in [0.3, 0.4) is 0 Å². The molecule has 7 rings (SSSR count). The first-order valence-electron chi connectivity index (χ1n) is 8.31. The molecule has 3 heterocycles. The molecule has 3 aliphatic carbocycles. The SMILES string of the molecule is c1cc2c(s1)-c1c(c3c(c4c1Cc1ccsc1-4)Cc1ccsc1-3)C2. The van der Waals surface area contributed by atoms with E-state index in [0.29, 0.717) is 0 Å². The maximum Gasteiger partial charge on any atom is 0.0384 e. The van der Waals surface area contributed by atoms with Crippen LogP contribution >= 0.6 is 34.0 Å². The smallest absolute Gasteiger partial charge is 0.0384 e. The Kier molecular flexibility index (Phi) is 2.16. The zero-order valence-electron chi connectivity index (χ0n) is 12.8. The van der Waals surface area contributed by atoms with Crippen molar-refractivity contribution in [2.24, 2.45) is 0 Å². The van der Waals surface area contributed by atoms with Crippen LogP contribution in [0.5, 0.6) is 0 Å². The molecule has 0 radical (unpaired) electrons. The Bertz CT molecular complexity index is 1010. The molecule has 0 spiro atoms. The molecule has 3 heteroatoms. The van der Waals surface area contributed by atoms with Gasteiger partial charge in [0.15, 0.2) is 0 Å². The lowest BCUT2D eigenvalue weighted by molar-refractivity contribution is 1.21. The predicted octanol–water partition coefficient (Wildman–Crippen LogP) is 6.58. The van der Waals surface area contributed by atoms with Gasteiger partial charge in [0.1, 0.15) is 0 Å². The first-order chi connectivity index (χ1) is 11.9. The molecule has 0 amide bonds. The zero-order valence-corrected chi connectivity index (χ0v) is 15.3. The fraction of sp³-hybridized carbons (Fsp3) is 0.143. The van der Waals surface area contributed by atoms with Crippen LogP contribution in [0.25, 0.3) is 31.3 Å². The van der Waals surface area contributed by atoms with Crippen LogP contribution in [0.4, 0.5) is 0 Å². The van der Waals surface area contributed by atoms with E-state index in [1.165, 1.54) is 0 Å². The second-order valence-corrected chi connectivity index (χ2v) is 9.66. The van der Waals surface area contributed by atoms with Gasteiger partial charge in [0.2, 0.25) is 0 Å². The molecule has 0 saturated heterocycles. The highest BCUT2D eigenvalue weighted by atomic mass is 32.1. The molecule has 3 aliphatic rings. The topological polar surface area (TPSA) is 0 Å². The van der Waals surface area contributed by atoms with Gasteiger partial charge in [-0.25, -0.2) is 0 Å². The van der Waals surface area contributed by atoms with Gasteiger partial charge < -0.3 is 0 Å². The Morgan fingerprint density at radius 2 is 0.833 bits per heavy atom. The van der Waals surface area contributed by atoms with E-state index in [1.807, 2.05) is 34.0 Å². The van der Waals surface area contributed by atoms with Gasteiger partial charge in [-0.15, -0.1) is 34.0 Å². The fourth-order valence-corrected chi connectivity index (χ4v) is 8.00. The molecule has 114 valence electrons. The van der Waals surface area contributed by atoms with Gasteiger partial charge in [-0.1, -0.05) is 0 Å². The minimum atomic E-state index is 1.13. The summed E-state index contributed by atoms with van der Waals surface area (Å²) in [7, 11) is 0. The van der Waals surface area contributed by atoms with Crippen molar-refractivity contribution in [3.63, 3.8) is 0 Å². The highest BCUT2D eigenvalue weighted by Gasteiger charge is 2.38. The van der Waals surface area contributed by atoms with Crippen LogP contribution in [0.2, 0.25) is 0 Å². The Morgan fingerprint density at radius 1 is 0.500 bits per heavy atom. The Morgan fingerprint density at radius 3 is 1.17 bits per heavy atom. The van der Waals surface area contributed by atoms with Crippen molar-refractivity contribution in [1.82, 2.24) is 0 Å².